The van der Waals surface area contributed by atoms with Crippen molar-refractivity contribution >= 4 is 0 Å². The molecule has 0 spiro atoms. The third kappa shape index (κ3) is 3.30. The second-order valence-electron chi connectivity index (χ2n) is 3.98. The molecule has 16 heavy (non-hydrogen) atoms. The number of rotatable bonds is 6. The number of methoxy groups -OCH3 is 1. The van der Waals surface area contributed by atoms with Gasteiger partial charge in [-0.05, 0) is 20.8 Å². The molecule has 5 heteroatoms. The van der Waals surface area contributed by atoms with Gasteiger partial charge in [0.15, 0.2) is 0 Å². The Hall–Kier alpha value is -0.910. The topological polar surface area (TPSA) is 67.5 Å². The zero-order valence-corrected chi connectivity index (χ0v) is 10.3. The average Bonchev–Trinajstić information content (AvgIpc) is 2.56. The van der Waals surface area contributed by atoms with Gasteiger partial charge in [-0.3, -0.25) is 0 Å². The van der Waals surface area contributed by atoms with Crippen molar-refractivity contribution in [3.05, 3.63) is 17.0 Å². The molecule has 5 nitrogen and oxygen atoms in total. The van der Waals surface area contributed by atoms with Crippen LogP contribution in [0.25, 0.3) is 0 Å². The van der Waals surface area contributed by atoms with Gasteiger partial charge in [-0.25, -0.2) is 0 Å². The van der Waals surface area contributed by atoms with E-state index in [1.54, 1.807) is 7.11 Å². The highest BCUT2D eigenvalue weighted by molar-refractivity contribution is 5.24. The summed E-state index contributed by atoms with van der Waals surface area (Å²) < 4.78 is 9.95. The Morgan fingerprint density at radius 1 is 1.50 bits per heavy atom. The van der Waals surface area contributed by atoms with Gasteiger partial charge in [-0.1, -0.05) is 5.16 Å². The minimum atomic E-state index is -0.493. The van der Waals surface area contributed by atoms with Crippen LogP contribution in [-0.2, 0) is 4.74 Å². The van der Waals surface area contributed by atoms with E-state index >= 15 is 0 Å². The van der Waals surface area contributed by atoms with E-state index < -0.39 is 6.10 Å². The molecule has 0 aliphatic heterocycles. The molecule has 1 heterocycles. The van der Waals surface area contributed by atoms with Crippen LogP contribution in [0.4, 0.5) is 0 Å². The number of aromatic nitrogens is 1. The van der Waals surface area contributed by atoms with Gasteiger partial charge in [0, 0.05) is 25.3 Å². The molecule has 0 bridgehead atoms. The predicted molar refractivity (Wildman–Crippen MR) is 60.3 cm³/mol. The summed E-state index contributed by atoms with van der Waals surface area (Å²) in [5, 5.41) is 16.6. The lowest BCUT2D eigenvalue weighted by molar-refractivity contribution is 0.0630. The molecule has 0 saturated heterocycles. The molecular weight excluding hydrogens is 208 g/mol. The number of aliphatic hydroxyl groups excluding tert-OH is 1. The zero-order chi connectivity index (χ0) is 12.1. The van der Waals surface area contributed by atoms with Crippen molar-refractivity contribution in [3.63, 3.8) is 0 Å². The zero-order valence-electron chi connectivity index (χ0n) is 10.3. The summed E-state index contributed by atoms with van der Waals surface area (Å²) in [7, 11) is 1.57. The van der Waals surface area contributed by atoms with Crippen molar-refractivity contribution in [1.82, 2.24) is 10.5 Å². The summed E-state index contributed by atoms with van der Waals surface area (Å²) in [5.41, 5.74) is 1.95. The fraction of sp³-hybridized carbons (Fsp3) is 0.727. The van der Waals surface area contributed by atoms with Crippen molar-refractivity contribution in [2.75, 3.05) is 20.3 Å². The quantitative estimate of drug-likeness (QED) is 0.758. The highest BCUT2D eigenvalue weighted by atomic mass is 16.5. The first-order chi connectivity index (χ1) is 7.56. The molecular formula is C11H20N2O3. The molecule has 0 aliphatic rings. The molecule has 0 amide bonds. The molecule has 2 N–H and O–H groups in total. The lowest BCUT2D eigenvalue weighted by Crippen LogP contribution is -2.32. The minimum absolute atomic E-state index is 0.109. The van der Waals surface area contributed by atoms with Gasteiger partial charge in [0.25, 0.3) is 0 Å². The molecule has 1 unspecified atom stereocenters. The smallest absolute Gasteiger partial charge is 0.138 e. The maximum atomic E-state index is 9.51. The number of aliphatic hydroxyl groups is 1. The highest BCUT2D eigenvalue weighted by Gasteiger charge is 2.16. The Balaban J connectivity index is 2.49. The van der Waals surface area contributed by atoms with Crippen LogP contribution in [0.3, 0.4) is 0 Å². The highest BCUT2D eigenvalue weighted by Crippen LogP contribution is 2.20. The first-order valence-electron chi connectivity index (χ1n) is 5.39. The van der Waals surface area contributed by atoms with Crippen LogP contribution in [0.2, 0.25) is 0 Å². The fourth-order valence-corrected chi connectivity index (χ4v) is 1.77. The standard InChI is InChI=1S/C11H20N2O3/c1-7(12-5-10(14)6-15-4)11-8(2)13-16-9(11)3/h7,10,12,14H,5-6H2,1-4H3/t7?,10-/m0/s1. The minimum Gasteiger partial charge on any atom is -0.389 e. The normalized spacial score (nSPS) is 15.1. The van der Waals surface area contributed by atoms with Crippen molar-refractivity contribution in [2.24, 2.45) is 0 Å². The molecule has 1 aromatic rings. The third-order valence-corrected chi connectivity index (χ3v) is 2.54. The Morgan fingerprint density at radius 3 is 2.69 bits per heavy atom. The molecule has 0 radical (unpaired) electrons. The van der Waals surface area contributed by atoms with Crippen LogP contribution >= 0.6 is 0 Å². The van der Waals surface area contributed by atoms with Crippen molar-refractivity contribution in [1.29, 1.82) is 0 Å². The van der Waals surface area contributed by atoms with Gasteiger partial charge >= 0.3 is 0 Å². The molecule has 1 aromatic heterocycles. The second kappa shape index (κ2) is 5.98. The van der Waals surface area contributed by atoms with Gasteiger partial charge < -0.3 is 19.7 Å². The predicted octanol–water partition coefficient (Wildman–Crippen LogP) is 0.949. The lowest BCUT2D eigenvalue weighted by atomic mass is 10.1. The summed E-state index contributed by atoms with van der Waals surface area (Å²) in [5.74, 6) is 0.818. The number of aryl methyl sites for hydroxylation is 2. The maximum absolute atomic E-state index is 9.51. The van der Waals surface area contributed by atoms with Crippen LogP contribution in [0.1, 0.15) is 30.0 Å². The van der Waals surface area contributed by atoms with Gasteiger partial charge in [-0.2, -0.15) is 0 Å². The van der Waals surface area contributed by atoms with Crippen LogP contribution in [0.15, 0.2) is 4.52 Å². The molecule has 0 aliphatic carbocycles. The number of nitrogens with one attached hydrogen (secondary N) is 1. The van der Waals surface area contributed by atoms with Crippen molar-refractivity contribution in [3.8, 4) is 0 Å². The fourth-order valence-electron chi connectivity index (χ4n) is 1.77. The Morgan fingerprint density at radius 2 is 2.19 bits per heavy atom. The second-order valence-corrected chi connectivity index (χ2v) is 3.98. The van der Waals surface area contributed by atoms with E-state index in [1.807, 2.05) is 20.8 Å². The van der Waals surface area contributed by atoms with Gasteiger partial charge in [0.05, 0.1) is 18.4 Å². The molecule has 0 fully saturated rings. The largest absolute Gasteiger partial charge is 0.389 e. The van der Waals surface area contributed by atoms with E-state index in [0.717, 1.165) is 17.0 Å². The van der Waals surface area contributed by atoms with E-state index in [-0.39, 0.29) is 6.04 Å². The molecule has 0 aromatic carbocycles. The van der Waals surface area contributed by atoms with Crippen LogP contribution in [0, 0.1) is 13.8 Å². The molecule has 1 rings (SSSR count). The van der Waals surface area contributed by atoms with Crippen LogP contribution < -0.4 is 5.32 Å². The lowest BCUT2D eigenvalue weighted by Gasteiger charge is -2.16. The SMILES string of the molecule is COC[C@@H](O)CNC(C)c1c(C)noc1C. The number of ether oxygens (including phenoxy) is 1. The first-order valence-corrected chi connectivity index (χ1v) is 5.39. The molecule has 92 valence electrons. The van der Waals surface area contributed by atoms with E-state index in [0.29, 0.717) is 13.2 Å². The number of hydrogen-bond acceptors (Lipinski definition) is 5. The van der Waals surface area contributed by atoms with E-state index in [9.17, 15) is 5.11 Å². The number of hydrogen-bond donors (Lipinski definition) is 2. The monoisotopic (exact) mass is 228 g/mol. The maximum Gasteiger partial charge on any atom is 0.138 e. The summed E-state index contributed by atoms with van der Waals surface area (Å²) >= 11 is 0. The Labute approximate surface area is 95.8 Å². The van der Waals surface area contributed by atoms with Crippen molar-refractivity contribution in [2.45, 2.75) is 32.9 Å². The van der Waals surface area contributed by atoms with Crippen molar-refractivity contribution < 1.29 is 14.4 Å². The Bertz CT molecular complexity index is 306. The van der Waals surface area contributed by atoms with E-state index in [4.69, 9.17) is 9.26 Å². The van der Waals surface area contributed by atoms with Crippen LogP contribution in [-0.4, -0.2) is 36.6 Å². The molecule has 2 atom stereocenters. The van der Waals surface area contributed by atoms with Crippen LogP contribution in [0.5, 0.6) is 0 Å². The molecule has 0 saturated carbocycles. The van der Waals surface area contributed by atoms with Gasteiger partial charge in [0.2, 0.25) is 0 Å². The average molecular weight is 228 g/mol. The third-order valence-electron chi connectivity index (χ3n) is 2.54. The first kappa shape index (κ1) is 13.2. The van der Waals surface area contributed by atoms with Gasteiger partial charge in [-0.15, -0.1) is 0 Å². The summed E-state index contributed by atoms with van der Waals surface area (Å²) in [4.78, 5) is 0. The summed E-state index contributed by atoms with van der Waals surface area (Å²) in [6, 6.07) is 0.109. The summed E-state index contributed by atoms with van der Waals surface area (Å²) in [6.07, 6.45) is -0.493. The van der Waals surface area contributed by atoms with E-state index in [2.05, 4.69) is 10.5 Å². The summed E-state index contributed by atoms with van der Waals surface area (Å²) in [6.45, 7) is 6.64. The number of nitrogens with zero attached hydrogens (tertiary/aromatic N) is 1. The van der Waals surface area contributed by atoms with Gasteiger partial charge in [0.1, 0.15) is 5.76 Å². The Kier molecular flexibility index (Phi) is 4.92. The van der Waals surface area contributed by atoms with E-state index in [1.165, 1.54) is 0 Å².